The van der Waals surface area contributed by atoms with Gasteiger partial charge in [0.25, 0.3) is 0 Å². The van der Waals surface area contributed by atoms with Crippen LogP contribution in [0.5, 0.6) is 0 Å². The second-order valence-electron chi connectivity index (χ2n) is 2.77. The molecule has 0 aliphatic rings. The average Bonchev–Trinajstić information content (AvgIpc) is 2.75. The van der Waals surface area contributed by atoms with E-state index in [1.807, 2.05) is 0 Å². The molecule has 14 heavy (non-hydrogen) atoms. The third-order valence-electron chi connectivity index (χ3n) is 1.69. The van der Waals surface area contributed by atoms with E-state index >= 15 is 0 Å². The van der Waals surface area contributed by atoms with Crippen LogP contribution in [0.2, 0.25) is 0 Å². The van der Waals surface area contributed by atoms with Gasteiger partial charge in [-0.3, -0.25) is 14.6 Å². The van der Waals surface area contributed by atoms with Crippen LogP contribution in [0.1, 0.15) is 0 Å². The molecule has 6 nitrogen and oxygen atoms in total. The van der Waals surface area contributed by atoms with Crippen molar-refractivity contribution in [2.75, 3.05) is 5.32 Å². The summed E-state index contributed by atoms with van der Waals surface area (Å²) < 4.78 is 2.96. The Morgan fingerprint density at radius 2 is 2.36 bits per heavy atom. The highest BCUT2D eigenvalue weighted by Crippen LogP contribution is 2.01. The van der Waals surface area contributed by atoms with E-state index < -0.39 is 0 Å². The number of aromatic nitrogens is 4. The van der Waals surface area contributed by atoms with E-state index in [0.29, 0.717) is 5.82 Å². The van der Waals surface area contributed by atoms with Crippen LogP contribution in [0.3, 0.4) is 0 Å². The Kier molecular flexibility index (Phi) is 2.02. The predicted molar refractivity (Wildman–Crippen MR) is 49.9 cm³/mol. The summed E-state index contributed by atoms with van der Waals surface area (Å²) >= 11 is 0. The molecule has 72 valence electrons. The van der Waals surface area contributed by atoms with Crippen molar-refractivity contribution in [3.8, 4) is 0 Å². The number of imidazole rings is 1. The Balaban J connectivity index is 2.09. The molecule has 0 radical (unpaired) electrons. The second kappa shape index (κ2) is 3.33. The van der Waals surface area contributed by atoms with Gasteiger partial charge in [0.2, 0.25) is 0 Å². The van der Waals surface area contributed by atoms with E-state index in [0.717, 1.165) is 0 Å². The van der Waals surface area contributed by atoms with Crippen LogP contribution in [0.25, 0.3) is 0 Å². The van der Waals surface area contributed by atoms with Crippen molar-refractivity contribution >= 4 is 11.8 Å². The van der Waals surface area contributed by atoms with Crippen molar-refractivity contribution < 1.29 is 4.79 Å². The predicted octanol–water partition coefficient (Wildman–Crippen LogP) is 0.697. The number of rotatable bonds is 1. The van der Waals surface area contributed by atoms with E-state index in [-0.39, 0.29) is 6.03 Å². The molecule has 6 heteroatoms. The van der Waals surface area contributed by atoms with Crippen LogP contribution in [-0.4, -0.2) is 25.4 Å². The number of nitrogens with zero attached hydrogens (tertiary/aromatic N) is 4. The van der Waals surface area contributed by atoms with Gasteiger partial charge < -0.3 is 0 Å². The molecule has 0 fully saturated rings. The number of aryl methyl sites for hydroxylation is 1. The van der Waals surface area contributed by atoms with E-state index in [9.17, 15) is 4.79 Å². The average molecular weight is 191 g/mol. The van der Waals surface area contributed by atoms with Crippen molar-refractivity contribution in [1.82, 2.24) is 19.3 Å². The second-order valence-corrected chi connectivity index (χ2v) is 2.77. The molecule has 2 aromatic rings. The number of anilines is 1. The lowest BCUT2D eigenvalue weighted by atomic mass is 10.6. The minimum atomic E-state index is -0.277. The lowest BCUT2D eigenvalue weighted by Gasteiger charge is -2.00. The topological polar surface area (TPSA) is 64.7 Å². The van der Waals surface area contributed by atoms with Gasteiger partial charge >= 0.3 is 6.03 Å². The van der Waals surface area contributed by atoms with Gasteiger partial charge in [-0.1, -0.05) is 0 Å². The molecule has 2 rings (SSSR count). The first-order chi connectivity index (χ1) is 6.75. The van der Waals surface area contributed by atoms with E-state index in [2.05, 4.69) is 15.4 Å². The summed E-state index contributed by atoms with van der Waals surface area (Å²) in [4.78, 5) is 15.2. The Morgan fingerprint density at radius 1 is 1.50 bits per heavy atom. The molecule has 2 aromatic heterocycles. The molecule has 2 heterocycles. The van der Waals surface area contributed by atoms with Crippen molar-refractivity contribution in [2.24, 2.45) is 7.05 Å². The fraction of sp³-hybridized carbons (Fsp3) is 0.125. The maximum Gasteiger partial charge on any atom is 0.332 e. The maximum absolute atomic E-state index is 11.4. The summed E-state index contributed by atoms with van der Waals surface area (Å²) in [5.74, 6) is 0.520. The van der Waals surface area contributed by atoms with Crippen molar-refractivity contribution in [2.45, 2.75) is 0 Å². The van der Waals surface area contributed by atoms with Crippen LogP contribution < -0.4 is 5.32 Å². The van der Waals surface area contributed by atoms with Crippen LogP contribution >= 0.6 is 0 Å². The summed E-state index contributed by atoms with van der Waals surface area (Å²) in [6, 6.07) is 1.44. The standard InChI is InChI=1S/C8H9N5O/c1-12-4-2-7(11-12)10-8(14)13-5-3-9-6-13/h2-6H,1H3,(H,10,11,14). The van der Waals surface area contributed by atoms with E-state index in [4.69, 9.17) is 0 Å². The number of amides is 1. The molecule has 0 aromatic carbocycles. The van der Waals surface area contributed by atoms with Crippen molar-refractivity contribution in [3.63, 3.8) is 0 Å². The third-order valence-corrected chi connectivity index (χ3v) is 1.69. The molecule has 0 bridgehead atoms. The number of nitrogens with one attached hydrogen (secondary N) is 1. The fourth-order valence-electron chi connectivity index (χ4n) is 1.04. The Morgan fingerprint density at radius 3 is 2.93 bits per heavy atom. The van der Waals surface area contributed by atoms with E-state index in [1.165, 1.54) is 17.1 Å². The van der Waals surface area contributed by atoms with Gasteiger partial charge in [0.15, 0.2) is 5.82 Å². The number of carbonyl (C=O) groups is 1. The van der Waals surface area contributed by atoms with Crippen LogP contribution in [0.4, 0.5) is 10.6 Å². The third kappa shape index (κ3) is 1.63. The van der Waals surface area contributed by atoms with Gasteiger partial charge in [-0.05, 0) is 0 Å². The quantitative estimate of drug-likeness (QED) is 0.721. The number of carbonyl (C=O) groups excluding carboxylic acids is 1. The largest absolute Gasteiger partial charge is 0.332 e. The number of hydrogen-bond donors (Lipinski definition) is 1. The molecule has 0 saturated carbocycles. The molecule has 1 N–H and O–H groups in total. The lowest BCUT2D eigenvalue weighted by Crippen LogP contribution is -2.18. The van der Waals surface area contributed by atoms with Gasteiger partial charge in [0.1, 0.15) is 6.33 Å². The van der Waals surface area contributed by atoms with Crippen molar-refractivity contribution in [3.05, 3.63) is 31.0 Å². The monoisotopic (exact) mass is 191 g/mol. The van der Waals surface area contributed by atoms with E-state index in [1.54, 1.807) is 30.2 Å². The molecule has 1 amide bonds. The van der Waals surface area contributed by atoms with Gasteiger partial charge in [0.05, 0.1) is 0 Å². The van der Waals surface area contributed by atoms with Crippen LogP contribution in [0.15, 0.2) is 31.0 Å². The molecule has 0 saturated heterocycles. The summed E-state index contributed by atoms with van der Waals surface area (Å²) in [6.45, 7) is 0. The lowest BCUT2D eigenvalue weighted by molar-refractivity contribution is 0.253. The zero-order valence-electron chi connectivity index (χ0n) is 7.58. The Labute approximate surface area is 80.2 Å². The van der Waals surface area contributed by atoms with Gasteiger partial charge in [-0.2, -0.15) is 5.10 Å². The zero-order chi connectivity index (χ0) is 9.97. The summed E-state index contributed by atoms with van der Waals surface area (Å²) in [5.41, 5.74) is 0. The molecular weight excluding hydrogens is 182 g/mol. The van der Waals surface area contributed by atoms with Crippen LogP contribution in [0, 0.1) is 0 Å². The van der Waals surface area contributed by atoms with Gasteiger partial charge in [-0.25, -0.2) is 9.78 Å². The molecular formula is C8H9N5O. The normalized spacial score (nSPS) is 10.1. The highest BCUT2D eigenvalue weighted by Gasteiger charge is 2.04. The first-order valence-corrected chi connectivity index (χ1v) is 4.04. The summed E-state index contributed by atoms with van der Waals surface area (Å²) in [5, 5.41) is 6.63. The maximum atomic E-state index is 11.4. The summed E-state index contributed by atoms with van der Waals surface area (Å²) in [7, 11) is 1.78. The highest BCUT2D eigenvalue weighted by molar-refractivity contribution is 5.89. The number of hydrogen-bond acceptors (Lipinski definition) is 3. The van der Waals surface area contributed by atoms with Crippen molar-refractivity contribution in [1.29, 1.82) is 0 Å². The molecule has 0 spiro atoms. The molecule has 0 unspecified atom stereocenters. The molecule has 0 aliphatic carbocycles. The molecule has 0 aliphatic heterocycles. The Bertz CT molecular complexity index is 430. The Hall–Kier alpha value is -2.11. The first-order valence-electron chi connectivity index (χ1n) is 4.04. The SMILES string of the molecule is Cn1ccc(NC(=O)n2ccnc2)n1. The fourth-order valence-corrected chi connectivity index (χ4v) is 1.04. The zero-order valence-corrected chi connectivity index (χ0v) is 7.58. The minimum Gasteiger partial charge on any atom is -0.290 e. The highest BCUT2D eigenvalue weighted by atomic mass is 16.2. The van der Waals surface area contributed by atoms with Crippen LogP contribution in [-0.2, 0) is 7.05 Å². The minimum absolute atomic E-state index is 0.277. The smallest absolute Gasteiger partial charge is 0.290 e. The van der Waals surface area contributed by atoms with Gasteiger partial charge in [0, 0.05) is 31.7 Å². The molecule has 0 atom stereocenters. The summed E-state index contributed by atoms with van der Waals surface area (Å²) in [6.07, 6.45) is 6.29. The first kappa shape index (κ1) is 8.49. The van der Waals surface area contributed by atoms with Gasteiger partial charge in [-0.15, -0.1) is 0 Å².